The third-order valence-electron chi connectivity index (χ3n) is 4.45. The van der Waals surface area contributed by atoms with Crippen LogP contribution >= 0.6 is 11.6 Å². The average Bonchev–Trinajstić information content (AvgIpc) is 3.10. The summed E-state index contributed by atoms with van der Waals surface area (Å²) < 4.78 is 21.5. The quantitative estimate of drug-likeness (QED) is 0.390. The highest BCUT2D eigenvalue weighted by Crippen LogP contribution is 2.36. The highest BCUT2D eigenvalue weighted by molar-refractivity contribution is 6.30. The first-order chi connectivity index (χ1) is 14.6. The Morgan fingerprint density at radius 3 is 2.60 bits per heavy atom. The van der Waals surface area contributed by atoms with Crippen LogP contribution in [0.25, 0.3) is 21.8 Å². The molecule has 0 radical (unpaired) electrons. The Morgan fingerprint density at radius 1 is 1.10 bits per heavy atom. The van der Waals surface area contributed by atoms with E-state index < -0.39 is 6.16 Å². The van der Waals surface area contributed by atoms with Crippen molar-refractivity contribution < 1.29 is 23.7 Å². The monoisotopic (exact) mass is 426 g/mol. The number of hydrogen-bond donors (Lipinski definition) is 1. The van der Waals surface area contributed by atoms with Gasteiger partial charge in [0.2, 0.25) is 5.88 Å². The second-order valence-electron chi connectivity index (χ2n) is 6.44. The molecule has 0 unspecified atom stereocenters. The molecule has 2 aromatic carbocycles. The number of fused-ring (bicyclic) bond motifs is 3. The molecule has 30 heavy (non-hydrogen) atoms. The topological polar surface area (TPSA) is 82.7 Å². The van der Waals surface area contributed by atoms with Gasteiger partial charge in [-0.25, -0.2) is 9.78 Å². The van der Waals surface area contributed by atoms with Crippen molar-refractivity contribution in [3.63, 3.8) is 0 Å². The lowest BCUT2D eigenvalue weighted by Gasteiger charge is -2.10. The van der Waals surface area contributed by atoms with Crippen LogP contribution in [0.15, 0.2) is 48.7 Å². The van der Waals surface area contributed by atoms with Crippen LogP contribution in [0.1, 0.15) is 12.5 Å². The summed E-state index contributed by atoms with van der Waals surface area (Å²) in [4.78, 5) is 19.4. The summed E-state index contributed by atoms with van der Waals surface area (Å²) in [5.41, 5.74) is 2.32. The van der Waals surface area contributed by atoms with Crippen molar-refractivity contribution in [3.05, 3.63) is 59.2 Å². The van der Waals surface area contributed by atoms with Crippen molar-refractivity contribution in [2.24, 2.45) is 0 Å². The number of H-pyrrole nitrogens is 1. The molecule has 2 aromatic heterocycles. The van der Waals surface area contributed by atoms with Crippen LogP contribution in [0, 0.1) is 0 Å². The molecule has 7 nitrogen and oxygen atoms in total. The fourth-order valence-corrected chi connectivity index (χ4v) is 3.34. The number of hydrogen-bond acceptors (Lipinski definition) is 6. The third kappa shape index (κ3) is 4.03. The Hall–Kier alpha value is -3.29. The highest BCUT2D eigenvalue weighted by atomic mass is 35.5. The summed E-state index contributed by atoms with van der Waals surface area (Å²) in [5, 5.41) is 2.36. The van der Waals surface area contributed by atoms with Gasteiger partial charge in [0.15, 0.2) is 0 Å². The van der Waals surface area contributed by atoms with Crippen LogP contribution < -0.4 is 9.47 Å². The van der Waals surface area contributed by atoms with Crippen LogP contribution in [-0.4, -0.2) is 29.8 Å². The Bertz CT molecular complexity index is 1200. The number of pyridine rings is 1. The van der Waals surface area contributed by atoms with Crippen LogP contribution in [0.2, 0.25) is 5.02 Å². The minimum atomic E-state index is -0.812. The Kier molecular flexibility index (Phi) is 5.74. The van der Waals surface area contributed by atoms with Gasteiger partial charge in [-0.3, -0.25) is 0 Å². The number of nitrogens with one attached hydrogen (secondary N) is 1. The zero-order chi connectivity index (χ0) is 21.1. The van der Waals surface area contributed by atoms with Gasteiger partial charge in [0.1, 0.15) is 11.5 Å². The predicted molar refractivity (Wildman–Crippen MR) is 113 cm³/mol. The van der Waals surface area contributed by atoms with Gasteiger partial charge in [-0.15, -0.1) is 0 Å². The summed E-state index contributed by atoms with van der Waals surface area (Å²) in [6, 6.07) is 12.8. The first kappa shape index (κ1) is 20.0. The molecule has 4 rings (SSSR count). The molecule has 0 amide bonds. The standard InChI is InChI=1S/C22H19ClN2O5/c1-3-28-22(26)30-21-17(12-27-2)20-16-10-15(29-14-6-4-13(23)5-7-14)8-9-18(16)25-19(20)11-24-21/h4-11,25H,3,12H2,1-2H3. The highest BCUT2D eigenvalue weighted by Gasteiger charge is 2.19. The fourth-order valence-electron chi connectivity index (χ4n) is 3.22. The van der Waals surface area contributed by atoms with E-state index in [0.29, 0.717) is 22.1 Å². The Labute approximate surface area is 177 Å². The maximum atomic E-state index is 11.8. The van der Waals surface area contributed by atoms with Gasteiger partial charge >= 0.3 is 6.16 Å². The van der Waals surface area contributed by atoms with E-state index in [-0.39, 0.29) is 19.1 Å². The summed E-state index contributed by atoms with van der Waals surface area (Å²) in [7, 11) is 1.57. The predicted octanol–water partition coefficient (Wildman–Crippen LogP) is 5.84. The van der Waals surface area contributed by atoms with E-state index in [9.17, 15) is 4.79 Å². The third-order valence-corrected chi connectivity index (χ3v) is 4.70. The zero-order valence-electron chi connectivity index (χ0n) is 16.4. The molecule has 8 heteroatoms. The molecule has 1 N–H and O–H groups in total. The van der Waals surface area contributed by atoms with E-state index in [1.54, 1.807) is 44.5 Å². The summed E-state index contributed by atoms with van der Waals surface area (Å²) >= 11 is 5.94. The van der Waals surface area contributed by atoms with E-state index in [0.717, 1.165) is 21.8 Å². The van der Waals surface area contributed by atoms with Crippen molar-refractivity contribution in [3.8, 4) is 17.4 Å². The number of ether oxygens (including phenoxy) is 4. The maximum absolute atomic E-state index is 11.8. The average molecular weight is 427 g/mol. The maximum Gasteiger partial charge on any atom is 0.515 e. The summed E-state index contributed by atoms with van der Waals surface area (Å²) in [5.74, 6) is 1.47. The second kappa shape index (κ2) is 8.61. The number of carbonyl (C=O) groups is 1. The first-order valence-corrected chi connectivity index (χ1v) is 9.67. The van der Waals surface area contributed by atoms with Crippen LogP contribution in [0.3, 0.4) is 0 Å². The first-order valence-electron chi connectivity index (χ1n) is 9.29. The summed E-state index contributed by atoms with van der Waals surface area (Å²) in [6.07, 6.45) is 0.802. The number of aromatic amines is 1. The van der Waals surface area contributed by atoms with Crippen molar-refractivity contribution in [2.45, 2.75) is 13.5 Å². The van der Waals surface area contributed by atoms with E-state index in [4.69, 9.17) is 30.5 Å². The molecule has 0 saturated carbocycles. The number of carbonyl (C=O) groups excluding carboxylic acids is 1. The minimum Gasteiger partial charge on any atom is -0.457 e. The number of aromatic nitrogens is 2. The lowest BCUT2D eigenvalue weighted by molar-refractivity contribution is 0.101. The van der Waals surface area contributed by atoms with Crippen LogP contribution in [0.4, 0.5) is 4.79 Å². The van der Waals surface area contributed by atoms with Gasteiger partial charge in [0.25, 0.3) is 0 Å². The van der Waals surface area contributed by atoms with E-state index >= 15 is 0 Å². The van der Waals surface area contributed by atoms with Gasteiger partial charge < -0.3 is 23.9 Å². The van der Waals surface area contributed by atoms with Crippen molar-refractivity contribution in [2.75, 3.05) is 13.7 Å². The zero-order valence-corrected chi connectivity index (χ0v) is 17.2. The fraction of sp³-hybridized carbons (Fsp3) is 0.182. The van der Waals surface area contributed by atoms with Gasteiger partial charge in [-0.2, -0.15) is 0 Å². The van der Waals surface area contributed by atoms with E-state index in [2.05, 4.69) is 9.97 Å². The van der Waals surface area contributed by atoms with Crippen molar-refractivity contribution in [1.29, 1.82) is 0 Å². The Balaban J connectivity index is 1.80. The molecule has 0 spiro atoms. The lowest BCUT2D eigenvalue weighted by Crippen LogP contribution is -2.12. The number of nitrogens with zero attached hydrogens (tertiary/aromatic N) is 1. The van der Waals surface area contributed by atoms with Crippen LogP contribution in [0.5, 0.6) is 17.4 Å². The second-order valence-corrected chi connectivity index (χ2v) is 6.87. The Morgan fingerprint density at radius 2 is 1.87 bits per heavy atom. The summed E-state index contributed by atoms with van der Waals surface area (Å²) in [6.45, 7) is 2.11. The number of halogens is 1. The van der Waals surface area contributed by atoms with E-state index in [1.165, 1.54) is 0 Å². The SMILES string of the molecule is CCOC(=O)Oc1ncc2[nH]c3ccc(Oc4ccc(Cl)cc4)cc3c2c1COC. The molecular formula is C22H19ClN2O5. The molecule has 0 atom stereocenters. The molecule has 0 fully saturated rings. The van der Waals surface area contributed by atoms with Crippen molar-refractivity contribution in [1.82, 2.24) is 9.97 Å². The smallest absolute Gasteiger partial charge is 0.457 e. The molecule has 0 bridgehead atoms. The van der Waals surface area contributed by atoms with Gasteiger partial charge in [0, 0.05) is 28.4 Å². The van der Waals surface area contributed by atoms with Crippen LogP contribution in [-0.2, 0) is 16.1 Å². The molecule has 0 aliphatic carbocycles. The molecule has 154 valence electrons. The number of methoxy groups -OCH3 is 1. The molecule has 4 aromatic rings. The van der Waals surface area contributed by atoms with Crippen molar-refractivity contribution >= 4 is 39.6 Å². The largest absolute Gasteiger partial charge is 0.515 e. The minimum absolute atomic E-state index is 0.146. The normalized spacial score (nSPS) is 11.0. The molecule has 2 heterocycles. The number of rotatable bonds is 6. The number of benzene rings is 2. The van der Waals surface area contributed by atoms with Gasteiger partial charge in [-0.1, -0.05) is 11.6 Å². The van der Waals surface area contributed by atoms with E-state index in [1.807, 2.05) is 18.2 Å². The molecular weight excluding hydrogens is 408 g/mol. The molecule has 0 aliphatic heterocycles. The lowest BCUT2D eigenvalue weighted by atomic mass is 10.1. The molecule has 0 saturated heterocycles. The molecule has 0 aliphatic rings. The van der Waals surface area contributed by atoms with Gasteiger partial charge in [-0.05, 0) is 49.4 Å². The van der Waals surface area contributed by atoms with Gasteiger partial charge in [0.05, 0.1) is 30.5 Å².